The van der Waals surface area contributed by atoms with Gasteiger partial charge in [-0.3, -0.25) is 0 Å². The molecule has 0 aliphatic heterocycles. The van der Waals surface area contributed by atoms with Crippen molar-refractivity contribution in [2.24, 2.45) is 0 Å². The molecule has 20 heavy (non-hydrogen) atoms. The number of hydrogen-bond acceptors (Lipinski definition) is 4. The van der Waals surface area contributed by atoms with Gasteiger partial charge in [0.25, 0.3) is 0 Å². The molecule has 0 radical (unpaired) electrons. The number of likely N-dealkylation sites (N-methyl/N-ethyl adjacent to an activating group) is 1. The molecule has 0 heterocycles. The fourth-order valence-corrected chi connectivity index (χ4v) is 1.84. The lowest BCUT2D eigenvalue weighted by Crippen LogP contribution is -2.43. The summed E-state index contributed by atoms with van der Waals surface area (Å²) in [6.45, 7) is 16.8. The number of alkyl carbamates (subject to hydrolysis) is 1. The standard InChI is InChI=1S/C15H33N3O2/c1-7-10-18(8-2)11-9-16-13(3)12-17-14(19)20-15(4,5)6/h13,16H,7-12H2,1-6H3,(H,17,19). The maximum Gasteiger partial charge on any atom is 0.407 e. The summed E-state index contributed by atoms with van der Waals surface area (Å²) in [6.07, 6.45) is 0.830. The van der Waals surface area contributed by atoms with Crippen LogP contribution in [0.4, 0.5) is 4.79 Å². The molecule has 120 valence electrons. The highest BCUT2D eigenvalue weighted by atomic mass is 16.6. The van der Waals surface area contributed by atoms with Crippen molar-refractivity contribution in [2.75, 3.05) is 32.7 Å². The van der Waals surface area contributed by atoms with Gasteiger partial charge in [-0.2, -0.15) is 0 Å². The normalized spacial score (nSPS) is 13.3. The van der Waals surface area contributed by atoms with Crippen molar-refractivity contribution in [2.45, 2.75) is 59.6 Å². The van der Waals surface area contributed by atoms with Crippen LogP contribution in [-0.2, 0) is 4.74 Å². The molecule has 2 N–H and O–H groups in total. The van der Waals surface area contributed by atoms with Gasteiger partial charge < -0.3 is 20.3 Å². The predicted octanol–water partition coefficient (Wildman–Crippen LogP) is 2.22. The van der Waals surface area contributed by atoms with Crippen molar-refractivity contribution in [1.29, 1.82) is 0 Å². The Labute approximate surface area is 124 Å². The van der Waals surface area contributed by atoms with E-state index in [1.807, 2.05) is 20.8 Å². The third-order valence-electron chi connectivity index (χ3n) is 2.86. The molecule has 0 fully saturated rings. The number of carbonyl (C=O) groups excluding carboxylic acids is 1. The largest absolute Gasteiger partial charge is 0.444 e. The van der Waals surface area contributed by atoms with Gasteiger partial charge in [-0.15, -0.1) is 0 Å². The van der Waals surface area contributed by atoms with Crippen LogP contribution in [0.1, 0.15) is 48.0 Å². The van der Waals surface area contributed by atoms with Crippen molar-refractivity contribution in [3.63, 3.8) is 0 Å². The first-order valence-electron chi connectivity index (χ1n) is 7.71. The van der Waals surface area contributed by atoms with Crippen molar-refractivity contribution in [3.8, 4) is 0 Å². The lowest BCUT2D eigenvalue weighted by atomic mass is 10.2. The minimum Gasteiger partial charge on any atom is -0.444 e. The molecule has 0 rings (SSSR count). The molecule has 5 heteroatoms. The summed E-state index contributed by atoms with van der Waals surface area (Å²) in [5.41, 5.74) is -0.442. The molecule has 1 amide bonds. The van der Waals surface area contributed by atoms with Crippen molar-refractivity contribution < 1.29 is 9.53 Å². The van der Waals surface area contributed by atoms with Crippen LogP contribution in [0.15, 0.2) is 0 Å². The monoisotopic (exact) mass is 287 g/mol. The van der Waals surface area contributed by atoms with E-state index in [0.717, 1.165) is 26.2 Å². The summed E-state index contributed by atoms with van der Waals surface area (Å²) in [6, 6.07) is 0.239. The first-order valence-corrected chi connectivity index (χ1v) is 7.71. The third-order valence-corrected chi connectivity index (χ3v) is 2.86. The fourth-order valence-electron chi connectivity index (χ4n) is 1.84. The van der Waals surface area contributed by atoms with Gasteiger partial charge in [0.2, 0.25) is 0 Å². The molecule has 0 aliphatic rings. The molecule has 0 aromatic carbocycles. The van der Waals surface area contributed by atoms with Crippen molar-refractivity contribution >= 4 is 6.09 Å². The minimum atomic E-state index is -0.442. The van der Waals surface area contributed by atoms with Crippen molar-refractivity contribution in [1.82, 2.24) is 15.5 Å². The lowest BCUT2D eigenvalue weighted by Gasteiger charge is -2.23. The molecular weight excluding hydrogens is 254 g/mol. The van der Waals surface area contributed by atoms with Crippen LogP contribution in [0.5, 0.6) is 0 Å². The van der Waals surface area contributed by atoms with Gasteiger partial charge in [0, 0.05) is 25.7 Å². The minimum absolute atomic E-state index is 0.239. The molecule has 1 unspecified atom stereocenters. The SMILES string of the molecule is CCCN(CC)CCNC(C)CNC(=O)OC(C)(C)C. The van der Waals surface area contributed by atoms with E-state index in [2.05, 4.69) is 36.3 Å². The maximum atomic E-state index is 11.5. The third kappa shape index (κ3) is 11.1. The average molecular weight is 287 g/mol. The summed E-state index contributed by atoms with van der Waals surface area (Å²) >= 11 is 0. The first-order chi connectivity index (χ1) is 9.28. The summed E-state index contributed by atoms with van der Waals surface area (Å²) in [5.74, 6) is 0. The molecule has 0 bridgehead atoms. The molecule has 0 aromatic heterocycles. The van der Waals surface area contributed by atoms with Crippen LogP contribution < -0.4 is 10.6 Å². The highest BCUT2D eigenvalue weighted by Crippen LogP contribution is 2.06. The van der Waals surface area contributed by atoms with E-state index in [4.69, 9.17) is 4.74 Å². The van der Waals surface area contributed by atoms with E-state index in [1.54, 1.807) is 0 Å². The Kier molecular flexibility index (Phi) is 9.59. The maximum absolute atomic E-state index is 11.5. The van der Waals surface area contributed by atoms with Gasteiger partial charge >= 0.3 is 6.09 Å². The average Bonchev–Trinajstić information content (AvgIpc) is 2.33. The number of nitrogens with zero attached hydrogens (tertiary/aromatic N) is 1. The second kappa shape index (κ2) is 10.00. The van der Waals surface area contributed by atoms with Crippen molar-refractivity contribution in [3.05, 3.63) is 0 Å². The second-order valence-corrected chi connectivity index (χ2v) is 6.17. The Hall–Kier alpha value is -0.810. The van der Waals surface area contributed by atoms with Gasteiger partial charge in [0.1, 0.15) is 5.60 Å². The van der Waals surface area contributed by atoms with Crippen LogP contribution in [0.3, 0.4) is 0 Å². The topological polar surface area (TPSA) is 53.6 Å². The van der Waals surface area contributed by atoms with Gasteiger partial charge in [0.05, 0.1) is 0 Å². The summed E-state index contributed by atoms with van der Waals surface area (Å²) in [7, 11) is 0. The van der Waals surface area contributed by atoms with E-state index in [-0.39, 0.29) is 12.1 Å². The Morgan fingerprint density at radius 3 is 2.40 bits per heavy atom. The number of carbonyl (C=O) groups is 1. The zero-order valence-corrected chi connectivity index (χ0v) is 14.1. The first kappa shape index (κ1) is 19.2. The van der Waals surface area contributed by atoms with E-state index in [9.17, 15) is 4.79 Å². The highest BCUT2D eigenvalue weighted by Gasteiger charge is 2.16. The number of rotatable bonds is 9. The second-order valence-electron chi connectivity index (χ2n) is 6.17. The molecule has 0 aliphatic carbocycles. The molecule has 0 aromatic rings. The van der Waals surface area contributed by atoms with E-state index in [1.165, 1.54) is 6.42 Å². The van der Waals surface area contributed by atoms with Gasteiger partial charge in [-0.05, 0) is 47.2 Å². The predicted molar refractivity (Wildman–Crippen MR) is 84.1 cm³/mol. The van der Waals surface area contributed by atoms with Gasteiger partial charge in [-0.25, -0.2) is 4.79 Å². The Bertz CT molecular complexity index is 264. The van der Waals surface area contributed by atoms with Gasteiger partial charge in [-0.1, -0.05) is 13.8 Å². The zero-order valence-electron chi connectivity index (χ0n) is 14.1. The summed E-state index contributed by atoms with van der Waals surface area (Å²) < 4.78 is 5.19. The number of nitrogens with one attached hydrogen (secondary N) is 2. The van der Waals surface area contributed by atoms with Crippen LogP contribution in [0.25, 0.3) is 0 Å². The quantitative estimate of drug-likeness (QED) is 0.683. The van der Waals surface area contributed by atoms with E-state index < -0.39 is 5.60 Å². The van der Waals surface area contributed by atoms with Crippen LogP contribution in [-0.4, -0.2) is 55.4 Å². The molecule has 0 saturated heterocycles. The molecule has 0 spiro atoms. The molecule has 5 nitrogen and oxygen atoms in total. The fraction of sp³-hybridized carbons (Fsp3) is 0.933. The lowest BCUT2D eigenvalue weighted by molar-refractivity contribution is 0.0523. The van der Waals surface area contributed by atoms with Gasteiger partial charge in [0.15, 0.2) is 0 Å². The van der Waals surface area contributed by atoms with E-state index >= 15 is 0 Å². The molecular formula is C15H33N3O2. The Morgan fingerprint density at radius 2 is 1.90 bits per heavy atom. The zero-order chi connectivity index (χ0) is 15.6. The van der Waals surface area contributed by atoms with Crippen LogP contribution >= 0.6 is 0 Å². The number of hydrogen-bond donors (Lipinski definition) is 2. The molecule has 1 atom stereocenters. The Balaban J connectivity index is 3.73. The summed E-state index contributed by atoms with van der Waals surface area (Å²) in [4.78, 5) is 13.9. The van der Waals surface area contributed by atoms with E-state index in [0.29, 0.717) is 6.54 Å². The smallest absolute Gasteiger partial charge is 0.407 e. The summed E-state index contributed by atoms with van der Waals surface area (Å²) in [5, 5.41) is 6.19. The number of ether oxygens (including phenoxy) is 1. The number of amides is 1. The Morgan fingerprint density at radius 1 is 1.25 bits per heavy atom. The highest BCUT2D eigenvalue weighted by molar-refractivity contribution is 5.67. The van der Waals surface area contributed by atoms with Crippen LogP contribution in [0.2, 0.25) is 0 Å². The van der Waals surface area contributed by atoms with Crippen LogP contribution in [0, 0.1) is 0 Å². The molecule has 0 saturated carbocycles.